The maximum absolute atomic E-state index is 12.6. The van der Waals surface area contributed by atoms with E-state index in [9.17, 15) is 14.4 Å². The molecule has 0 aliphatic carbocycles. The molecule has 7 nitrogen and oxygen atoms in total. The van der Waals surface area contributed by atoms with Crippen LogP contribution in [-0.2, 0) is 20.8 Å². The van der Waals surface area contributed by atoms with Crippen LogP contribution in [0.1, 0.15) is 32.8 Å². The normalized spacial score (nSPS) is 19.4. The Kier molecular flexibility index (Phi) is 5.68. The first-order valence-corrected chi connectivity index (χ1v) is 9.49. The highest BCUT2D eigenvalue weighted by atomic mass is 16.5. The minimum atomic E-state index is -0.514. The van der Waals surface area contributed by atoms with Gasteiger partial charge < -0.3 is 19.9 Å². The van der Waals surface area contributed by atoms with Crippen LogP contribution in [0.3, 0.4) is 0 Å². The summed E-state index contributed by atoms with van der Waals surface area (Å²) in [6, 6.07) is 5.43. The third kappa shape index (κ3) is 4.59. The Hall–Kier alpha value is -2.57. The first kappa shape index (κ1) is 19.2. The highest BCUT2D eigenvalue weighted by molar-refractivity contribution is 5.97. The minimum Gasteiger partial charge on any atom is -0.479 e. The van der Waals surface area contributed by atoms with Gasteiger partial charge in [-0.2, -0.15) is 0 Å². The van der Waals surface area contributed by atoms with Gasteiger partial charge in [0.25, 0.3) is 5.91 Å². The van der Waals surface area contributed by atoms with Gasteiger partial charge in [0, 0.05) is 32.6 Å². The second kappa shape index (κ2) is 7.98. The van der Waals surface area contributed by atoms with Crippen molar-refractivity contribution >= 4 is 23.4 Å². The summed E-state index contributed by atoms with van der Waals surface area (Å²) < 4.78 is 5.54. The number of ether oxygens (including phenoxy) is 1. The molecule has 7 heteroatoms. The van der Waals surface area contributed by atoms with Gasteiger partial charge in [-0.15, -0.1) is 0 Å². The van der Waals surface area contributed by atoms with Crippen molar-refractivity contribution in [3.63, 3.8) is 0 Å². The molecule has 2 aliphatic heterocycles. The fourth-order valence-corrected chi connectivity index (χ4v) is 3.34. The first-order chi connectivity index (χ1) is 12.8. The standard InChI is InChI=1S/C20H27N3O4/c1-13(2)10-18(24)22-6-8-23(9-7-22)19(25)12-15-4-5-17-16(11-15)21-20(26)14(3)27-17/h4-5,11,13-14H,6-10,12H2,1-3H3,(H,21,26). The van der Waals surface area contributed by atoms with Crippen LogP contribution in [0.25, 0.3) is 0 Å². The van der Waals surface area contributed by atoms with Gasteiger partial charge in [-0.3, -0.25) is 14.4 Å². The second-order valence-corrected chi connectivity index (χ2v) is 7.62. The number of nitrogens with zero attached hydrogens (tertiary/aromatic N) is 2. The molecule has 0 spiro atoms. The highest BCUT2D eigenvalue weighted by Gasteiger charge is 2.26. The van der Waals surface area contributed by atoms with E-state index in [1.807, 2.05) is 24.8 Å². The van der Waals surface area contributed by atoms with Gasteiger partial charge in [-0.1, -0.05) is 19.9 Å². The Labute approximate surface area is 159 Å². The number of anilines is 1. The van der Waals surface area contributed by atoms with E-state index in [4.69, 9.17) is 4.74 Å². The van der Waals surface area contributed by atoms with Crippen LogP contribution >= 0.6 is 0 Å². The van der Waals surface area contributed by atoms with Crippen LogP contribution < -0.4 is 10.1 Å². The number of amides is 3. The molecule has 3 rings (SSSR count). The average molecular weight is 373 g/mol. The molecule has 146 valence electrons. The van der Waals surface area contributed by atoms with E-state index in [0.717, 1.165) is 5.56 Å². The van der Waals surface area contributed by atoms with E-state index in [-0.39, 0.29) is 24.1 Å². The zero-order chi connectivity index (χ0) is 19.6. The van der Waals surface area contributed by atoms with Gasteiger partial charge >= 0.3 is 0 Å². The summed E-state index contributed by atoms with van der Waals surface area (Å²) in [4.78, 5) is 40.1. The number of rotatable bonds is 4. The van der Waals surface area contributed by atoms with E-state index >= 15 is 0 Å². The van der Waals surface area contributed by atoms with Crippen molar-refractivity contribution in [3.8, 4) is 5.75 Å². The van der Waals surface area contributed by atoms with Gasteiger partial charge in [0.2, 0.25) is 11.8 Å². The molecule has 1 unspecified atom stereocenters. The monoisotopic (exact) mass is 373 g/mol. The zero-order valence-electron chi connectivity index (χ0n) is 16.2. The summed E-state index contributed by atoms with van der Waals surface area (Å²) in [6.07, 6.45) is 0.299. The van der Waals surface area contributed by atoms with Crippen molar-refractivity contribution in [2.45, 2.75) is 39.7 Å². The molecule has 27 heavy (non-hydrogen) atoms. The topological polar surface area (TPSA) is 79.0 Å². The van der Waals surface area contributed by atoms with Crippen LogP contribution in [0, 0.1) is 5.92 Å². The number of hydrogen-bond donors (Lipinski definition) is 1. The van der Waals surface area contributed by atoms with Crippen molar-refractivity contribution in [2.75, 3.05) is 31.5 Å². The lowest BCUT2D eigenvalue weighted by atomic mass is 10.1. The molecular weight excluding hydrogens is 346 g/mol. The lowest BCUT2D eigenvalue weighted by Gasteiger charge is -2.35. The molecule has 3 amide bonds. The Balaban J connectivity index is 1.55. The Morgan fingerprint density at radius 3 is 2.41 bits per heavy atom. The Bertz CT molecular complexity index is 739. The molecule has 1 fully saturated rings. The summed E-state index contributed by atoms with van der Waals surface area (Å²) >= 11 is 0. The van der Waals surface area contributed by atoms with E-state index in [2.05, 4.69) is 5.32 Å². The van der Waals surface area contributed by atoms with Crippen LogP contribution in [-0.4, -0.2) is 59.8 Å². The van der Waals surface area contributed by atoms with Crippen LogP contribution in [0.15, 0.2) is 18.2 Å². The fraction of sp³-hybridized carbons (Fsp3) is 0.550. The minimum absolute atomic E-state index is 0.0299. The van der Waals surface area contributed by atoms with Crippen LogP contribution in [0.2, 0.25) is 0 Å². The van der Waals surface area contributed by atoms with Gasteiger partial charge in [0.15, 0.2) is 6.10 Å². The molecule has 0 radical (unpaired) electrons. The van der Waals surface area contributed by atoms with Gasteiger partial charge in [-0.05, 0) is 30.5 Å². The van der Waals surface area contributed by atoms with Gasteiger partial charge in [-0.25, -0.2) is 0 Å². The first-order valence-electron chi connectivity index (χ1n) is 9.49. The summed E-state index contributed by atoms with van der Waals surface area (Å²) in [5, 5.41) is 2.80. The van der Waals surface area contributed by atoms with Gasteiger partial charge in [0.05, 0.1) is 12.1 Å². The fourth-order valence-electron chi connectivity index (χ4n) is 3.34. The van der Waals surface area contributed by atoms with Crippen molar-refractivity contribution in [3.05, 3.63) is 23.8 Å². The number of piperazine rings is 1. The van der Waals surface area contributed by atoms with Crippen molar-refractivity contribution in [1.29, 1.82) is 0 Å². The number of benzene rings is 1. The van der Waals surface area contributed by atoms with E-state index in [1.54, 1.807) is 24.0 Å². The van der Waals surface area contributed by atoms with Crippen molar-refractivity contribution < 1.29 is 19.1 Å². The second-order valence-electron chi connectivity index (χ2n) is 7.62. The predicted molar refractivity (Wildman–Crippen MR) is 101 cm³/mol. The molecular formula is C20H27N3O4. The highest BCUT2D eigenvalue weighted by Crippen LogP contribution is 2.30. The number of carbonyl (C=O) groups excluding carboxylic acids is 3. The maximum atomic E-state index is 12.6. The molecule has 0 bridgehead atoms. The van der Waals surface area contributed by atoms with E-state index in [1.165, 1.54) is 0 Å². The molecule has 0 saturated carbocycles. The summed E-state index contributed by atoms with van der Waals surface area (Å²) in [6.45, 7) is 8.05. The van der Waals surface area contributed by atoms with Crippen LogP contribution in [0.5, 0.6) is 5.75 Å². The number of nitrogens with one attached hydrogen (secondary N) is 1. The predicted octanol–water partition coefficient (Wildman–Crippen LogP) is 1.67. The molecule has 1 aromatic carbocycles. The van der Waals surface area contributed by atoms with Crippen LogP contribution in [0.4, 0.5) is 5.69 Å². The summed E-state index contributed by atoms with van der Waals surface area (Å²) in [5.74, 6) is 0.969. The number of carbonyl (C=O) groups is 3. The number of fused-ring (bicyclic) bond motifs is 1. The van der Waals surface area contributed by atoms with Crippen molar-refractivity contribution in [1.82, 2.24) is 9.80 Å². The SMILES string of the molecule is CC(C)CC(=O)N1CCN(C(=O)Cc2ccc3c(c2)NC(=O)C(C)O3)CC1. The molecule has 1 N–H and O–H groups in total. The summed E-state index contributed by atoms with van der Waals surface area (Å²) in [7, 11) is 0. The Morgan fingerprint density at radius 1 is 1.15 bits per heavy atom. The third-order valence-electron chi connectivity index (χ3n) is 4.90. The molecule has 1 saturated heterocycles. The molecule has 1 atom stereocenters. The smallest absolute Gasteiger partial charge is 0.265 e. The largest absolute Gasteiger partial charge is 0.479 e. The van der Waals surface area contributed by atoms with Crippen molar-refractivity contribution in [2.24, 2.45) is 5.92 Å². The maximum Gasteiger partial charge on any atom is 0.265 e. The number of hydrogen-bond acceptors (Lipinski definition) is 4. The van der Waals surface area contributed by atoms with E-state index < -0.39 is 6.10 Å². The quantitative estimate of drug-likeness (QED) is 0.871. The molecule has 2 heterocycles. The third-order valence-corrected chi connectivity index (χ3v) is 4.90. The zero-order valence-corrected chi connectivity index (χ0v) is 16.2. The average Bonchev–Trinajstić information content (AvgIpc) is 2.62. The summed E-state index contributed by atoms with van der Waals surface area (Å²) in [5.41, 5.74) is 1.43. The molecule has 0 aromatic heterocycles. The lowest BCUT2D eigenvalue weighted by molar-refractivity contribution is -0.139. The molecule has 1 aromatic rings. The van der Waals surface area contributed by atoms with E-state index in [0.29, 0.717) is 50.0 Å². The lowest BCUT2D eigenvalue weighted by Crippen LogP contribution is -2.51. The van der Waals surface area contributed by atoms with Gasteiger partial charge in [0.1, 0.15) is 5.75 Å². The Morgan fingerprint density at radius 2 is 1.78 bits per heavy atom. The molecule has 2 aliphatic rings.